The number of aromatic nitrogens is 2. The van der Waals surface area contributed by atoms with Gasteiger partial charge in [0.25, 0.3) is 0 Å². The van der Waals surface area contributed by atoms with E-state index in [0.29, 0.717) is 16.6 Å². The van der Waals surface area contributed by atoms with Crippen molar-refractivity contribution >= 4 is 23.0 Å². The van der Waals surface area contributed by atoms with Crippen molar-refractivity contribution in [3.63, 3.8) is 0 Å². The van der Waals surface area contributed by atoms with Gasteiger partial charge in [-0.05, 0) is 74.1 Å². The summed E-state index contributed by atoms with van der Waals surface area (Å²) in [5, 5.41) is 4.15. The van der Waals surface area contributed by atoms with Crippen molar-refractivity contribution in [1.82, 2.24) is 14.9 Å². The van der Waals surface area contributed by atoms with Crippen LogP contribution in [0.4, 0.5) is 5.69 Å². The van der Waals surface area contributed by atoms with Gasteiger partial charge in [0.2, 0.25) is 0 Å². The molecule has 1 aliphatic rings. The third-order valence-electron chi connectivity index (χ3n) is 6.84. The number of benzene rings is 2. The highest BCUT2D eigenvalue weighted by Crippen LogP contribution is 2.46. The van der Waals surface area contributed by atoms with Gasteiger partial charge in [0, 0.05) is 35.4 Å². The molecule has 0 aliphatic carbocycles. The van der Waals surface area contributed by atoms with Gasteiger partial charge >= 0.3 is 0 Å². The molecule has 1 aliphatic heterocycles. The summed E-state index contributed by atoms with van der Waals surface area (Å²) in [7, 11) is 4.98. The van der Waals surface area contributed by atoms with Crippen LogP contribution in [0.15, 0.2) is 72.9 Å². The van der Waals surface area contributed by atoms with E-state index in [-0.39, 0.29) is 12.1 Å². The van der Waals surface area contributed by atoms with Crippen LogP contribution in [0.5, 0.6) is 17.2 Å². The maximum atomic E-state index is 5.93. The van der Waals surface area contributed by atoms with Gasteiger partial charge < -0.3 is 29.0 Å². The number of ether oxygens (including phenoxy) is 3. The molecule has 0 bridgehead atoms. The van der Waals surface area contributed by atoms with E-state index in [4.69, 9.17) is 26.4 Å². The van der Waals surface area contributed by atoms with Crippen LogP contribution in [0.1, 0.15) is 34.7 Å². The van der Waals surface area contributed by atoms with Crippen LogP contribution < -0.4 is 24.4 Å². The molecule has 3 heterocycles. The number of pyridine rings is 1. The van der Waals surface area contributed by atoms with Crippen molar-refractivity contribution in [3.8, 4) is 22.9 Å². The fraction of sp³-hybridized carbons (Fsp3) is 0.241. The number of nitrogens with zero attached hydrogens (tertiary/aromatic N) is 3. The smallest absolute Gasteiger partial charge is 0.174 e. The summed E-state index contributed by atoms with van der Waals surface area (Å²) in [6, 6.07) is 21.7. The van der Waals surface area contributed by atoms with Crippen molar-refractivity contribution in [2.45, 2.75) is 25.9 Å². The van der Waals surface area contributed by atoms with E-state index in [1.807, 2.05) is 60.8 Å². The number of rotatable bonds is 7. The number of nitrogens with one attached hydrogen (secondary N) is 1. The third-order valence-corrected chi connectivity index (χ3v) is 7.16. The molecule has 0 amide bonds. The van der Waals surface area contributed by atoms with Gasteiger partial charge in [0.1, 0.15) is 17.2 Å². The highest BCUT2D eigenvalue weighted by molar-refractivity contribution is 7.80. The average Bonchev–Trinajstić information content (AvgIpc) is 3.43. The fourth-order valence-corrected chi connectivity index (χ4v) is 5.49. The molecule has 0 spiro atoms. The number of thiocarbonyl (C=S) groups is 1. The molecule has 7 nitrogen and oxygen atoms in total. The second-order valence-corrected chi connectivity index (χ2v) is 9.28. The predicted octanol–water partition coefficient (Wildman–Crippen LogP) is 5.69. The maximum Gasteiger partial charge on any atom is 0.174 e. The first-order valence-electron chi connectivity index (χ1n) is 12.0. The van der Waals surface area contributed by atoms with E-state index in [9.17, 15) is 0 Å². The summed E-state index contributed by atoms with van der Waals surface area (Å²) < 4.78 is 19.0. The SMILES string of the molecule is COc1cccc(-n2c(C)cc([C@H]3[C@H](c4ccccn4)NC(=S)N3c3ccc(OC)cc3OC)c2C)c1. The van der Waals surface area contributed by atoms with E-state index >= 15 is 0 Å². The number of methoxy groups -OCH3 is 3. The monoisotopic (exact) mass is 514 g/mol. The lowest BCUT2D eigenvalue weighted by atomic mass is 9.96. The highest BCUT2D eigenvalue weighted by Gasteiger charge is 2.43. The Kier molecular flexibility index (Phi) is 6.76. The topological polar surface area (TPSA) is 60.8 Å². The van der Waals surface area contributed by atoms with Crippen LogP contribution in [-0.4, -0.2) is 36.0 Å². The number of hydrogen-bond donors (Lipinski definition) is 1. The van der Waals surface area contributed by atoms with Gasteiger partial charge in [0.05, 0.1) is 44.8 Å². The number of hydrogen-bond acceptors (Lipinski definition) is 5. The van der Waals surface area contributed by atoms with Crippen LogP contribution in [-0.2, 0) is 0 Å². The lowest BCUT2D eigenvalue weighted by Gasteiger charge is -2.29. The molecule has 0 radical (unpaired) electrons. The van der Waals surface area contributed by atoms with Gasteiger partial charge in [-0.1, -0.05) is 12.1 Å². The number of anilines is 1. The van der Waals surface area contributed by atoms with E-state index in [1.54, 1.807) is 21.3 Å². The minimum Gasteiger partial charge on any atom is -0.497 e. The Hall–Kier alpha value is -4.04. The van der Waals surface area contributed by atoms with E-state index in [1.165, 1.54) is 0 Å². The zero-order valence-electron chi connectivity index (χ0n) is 21.6. The maximum absolute atomic E-state index is 5.93. The lowest BCUT2D eigenvalue weighted by Crippen LogP contribution is -2.30. The lowest BCUT2D eigenvalue weighted by molar-refractivity contribution is 0.394. The first-order chi connectivity index (χ1) is 18.0. The molecule has 190 valence electrons. The van der Waals surface area contributed by atoms with E-state index in [0.717, 1.165) is 39.8 Å². The molecule has 0 saturated carbocycles. The summed E-state index contributed by atoms with van der Waals surface area (Å²) in [6.07, 6.45) is 1.81. The van der Waals surface area contributed by atoms with Gasteiger partial charge in [-0.15, -0.1) is 0 Å². The van der Waals surface area contributed by atoms with Crippen LogP contribution in [0.2, 0.25) is 0 Å². The summed E-state index contributed by atoms with van der Waals surface area (Å²) in [4.78, 5) is 6.81. The second kappa shape index (κ2) is 10.1. The van der Waals surface area contributed by atoms with Crippen LogP contribution in [0.3, 0.4) is 0 Å². The van der Waals surface area contributed by atoms with Gasteiger partial charge in [-0.25, -0.2) is 0 Å². The van der Waals surface area contributed by atoms with Crippen LogP contribution in [0.25, 0.3) is 5.69 Å². The Morgan fingerprint density at radius 1 is 0.865 bits per heavy atom. The third kappa shape index (κ3) is 4.38. The number of aryl methyl sites for hydroxylation is 1. The molecule has 2 atom stereocenters. The minimum atomic E-state index is -0.171. The second-order valence-electron chi connectivity index (χ2n) is 8.90. The standard InChI is InChI=1S/C29H30N4O3S/c1-18-15-23(19(2)32(18)20-9-8-10-21(16-20)34-3)28-27(24-11-6-7-14-30-24)31-29(37)33(28)25-13-12-22(35-4)17-26(25)36-5/h6-17,27-28H,1-5H3,(H,31,37)/t27-,28-/m0/s1. The molecule has 1 fully saturated rings. The Bertz CT molecular complexity index is 1440. The summed E-state index contributed by atoms with van der Waals surface area (Å²) >= 11 is 5.93. The highest BCUT2D eigenvalue weighted by atomic mass is 32.1. The van der Waals surface area contributed by atoms with Gasteiger partial charge in [-0.3, -0.25) is 4.98 Å². The average molecular weight is 515 g/mol. The molecule has 5 rings (SSSR count). The fourth-order valence-electron chi connectivity index (χ4n) is 5.15. The van der Waals surface area contributed by atoms with E-state index < -0.39 is 0 Å². The van der Waals surface area contributed by atoms with Crippen molar-refractivity contribution in [3.05, 3.63) is 95.6 Å². The summed E-state index contributed by atoms with van der Waals surface area (Å²) in [6.45, 7) is 4.26. The Balaban J connectivity index is 1.69. The van der Waals surface area contributed by atoms with Crippen LogP contribution >= 0.6 is 12.2 Å². The summed E-state index contributed by atoms with van der Waals surface area (Å²) in [5.41, 5.74) is 6.17. The van der Waals surface area contributed by atoms with Crippen molar-refractivity contribution in [2.75, 3.05) is 26.2 Å². The molecular weight excluding hydrogens is 484 g/mol. The quantitative estimate of drug-likeness (QED) is 0.318. The molecule has 1 saturated heterocycles. The predicted molar refractivity (Wildman–Crippen MR) is 149 cm³/mol. The Morgan fingerprint density at radius 2 is 1.65 bits per heavy atom. The molecule has 8 heteroatoms. The normalized spacial score (nSPS) is 17.0. The largest absolute Gasteiger partial charge is 0.497 e. The van der Waals surface area contributed by atoms with Crippen molar-refractivity contribution in [2.24, 2.45) is 0 Å². The Labute approximate surface area is 222 Å². The molecule has 2 aromatic heterocycles. The zero-order chi connectivity index (χ0) is 26.1. The van der Waals surface area contributed by atoms with Crippen molar-refractivity contribution < 1.29 is 14.2 Å². The molecular formula is C29H30N4O3S. The van der Waals surface area contributed by atoms with Crippen LogP contribution in [0, 0.1) is 13.8 Å². The molecule has 2 aromatic carbocycles. The molecule has 37 heavy (non-hydrogen) atoms. The van der Waals surface area contributed by atoms with E-state index in [2.05, 4.69) is 45.7 Å². The zero-order valence-corrected chi connectivity index (χ0v) is 22.4. The van der Waals surface area contributed by atoms with Gasteiger partial charge in [-0.2, -0.15) is 0 Å². The molecule has 0 unspecified atom stereocenters. The first-order valence-corrected chi connectivity index (χ1v) is 12.4. The first kappa shape index (κ1) is 24.6. The van der Waals surface area contributed by atoms with Gasteiger partial charge in [0.15, 0.2) is 5.11 Å². The Morgan fingerprint density at radius 3 is 2.35 bits per heavy atom. The van der Waals surface area contributed by atoms with Crippen molar-refractivity contribution in [1.29, 1.82) is 0 Å². The molecule has 4 aromatic rings. The minimum absolute atomic E-state index is 0.167. The molecule has 1 N–H and O–H groups in total. The summed E-state index contributed by atoms with van der Waals surface area (Å²) in [5.74, 6) is 2.20.